The number of anilines is 1. The van der Waals surface area contributed by atoms with Crippen LogP contribution in [0.1, 0.15) is 16.1 Å². The summed E-state index contributed by atoms with van der Waals surface area (Å²) in [6.07, 6.45) is -4.99. The van der Waals surface area contributed by atoms with Crippen LogP contribution in [0.3, 0.4) is 0 Å². The van der Waals surface area contributed by atoms with E-state index in [-0.39, 0.29) is 33.0 Å². The zero-order valence-corrected chi connectivity index (χ0v) is 17.6. The van der Waals surface area contributed by atoms with Gasteiger partial charge in [0.2, 0.25) is 11.2 Å². The maximum Gasteiger partial charge on any atom is 0.450 e. The Hall–Kier alpha value is -3.86. The van der Waals surface area contributed by atoms with Gasteiger partial charge in [-0.05, 0) is 54.1 Å². The Morgan fingerprint density at radius 2 is 1.68 bits per heavy atom. The van der Waals surface area contributed by atoms with Gasteiger partial charge in [0, 0.05) is 11.1 Å². The summed E-state index contributed by atoms with van der Waals surface area (Å²) in [5.41, 5.74) is -2.17. The maximum absolute atomic E-state index is 13.8. The molecule has 7 nitrogen and oxygen atoms in total. The van der Waals surface area contributed by atoms with E-state index in [9.17, 15) is 28.0 Å². The summed E-state index contributed by atoms with van der Waals surface area (Å²) in [5, 5.41) is 19.4. The number of alkyl halides is 3. The molecule has 0 aliphatic heterocycles. The molecule has 0 saturated heterocycles. The normalized spacial score (nSPS) is 11.5. The van der Waals surface area contributed by atoms with Crippen molar-refractivity contribution in [2.45, 2.75) is 6.18 Å². The standard InChI is InChI=1S/C23H12ClF3NO6/c24-14-5-1-12(2-6-14)19-20(29)17-10-9-16(11-18(17)34-21(19)23(25,26)27)33-22(30)13-3-7-15(8-4-13)28(31)32/h1-11,31H/q-1. The fourth-order valence-corrected chi connectivity index (χ4v) is 3.33. The second-order valence-corrected chi connectivity index (χ2v) is 7.44. The lowest BCUT2D eigenvalue weighted by atomic mass is 10.0. The van der Waals surface area contributed by atoms with Crippen molar-refractivity contribution in [3.63, 3.8) is 0 Å². The Morgan fingerprint density at radius 1 is 1.03 bits per heavy atom. The second-order valence-electron chi connectivity index (χ2n) is 7.01. The highest BCUT2D eigenvalue weighted by atomic mass is 35.5. The third-order valence-corrected chi connectivity index (χ3v) is 5.04. The van der Waals surface area contributed by atoms with Gasteiger partial charge >= 0.3 is 12.1 Å². The molecular formula is C23H12ClF3NO6-. The molecule has 4 aromatic rings. The summed E-state index contributed by atoms with van der Waals surface area (Å²) >= 11 is 5.80. The molecular weight excluding hydrogens is 479 g/mol. The van der Waals surface area contributed by atoms with Gasteiger partial charge in [-0.3, -0.25) is 10.0 Å². The van der Waals surface area contributed by atoms with Crippen LogP contribution in [-0.2, 0) is 6.18 Å². The van der Waals surface area contributed by atoms with Gasteiger partial charge in [-0.1, -0.05) is 23.7 Å². The first-order valence-corrected chi connectivity index (χ1v) is 9.85. The number of carbonyl (C=O) groups is 1. The fraction of sp³-hybridized carbons (Fsp3) is 0.0435. The van der Waals surface area contributed by atoms with Gasteiger partial charge in [-0.25, -0.2) is 4.79 Å². The van der Waals surface area contributed by atoms with E-state index in [1.807, 2.05) is 0 Å². The molecule has 4 rings (SSSR count). The van der Waals surface area contributed by atoms with Crippen LogP contribution >= 0.6 is 11.6 Å². The van der Waals surface area contributed by atoms with Crippen LogP contribution in [0.5, 0.6) is 5.75 Å². The van der Waals surface area contributed by atoms with E-state index >= 15 is 0 Å². The first-order chi connectivity index (χ1) is 16.0. The number of fused-ring (bicyclic) bond motifs is 1. The first kappa shape index (κ1) is 23.3. The van der Waals surface area contributed by atoms with Crippen molar-refractivity contribution in [2.24, 2.45) is 0 Å². The number of hydrogen-bond acceptors (Lipinski definition) is 7. The van der Waals surface area contributed by atoms with Gasteiger partial charge in [0.1, 0.15) is 11.3 Å². The second kappa shape index (κ2) is 8.82. The van der Waals surface area contributed by atoms with Crippen molar-refractivity contribution in [3.8, 4) is 16.9 Å². The molecule has 1 heterocycles. The average Bonchev–Trinajstić information content (AvgIpc) is 2.79. The fourth-order valence-electron chi connectivity index (χ4n) is 3.21. The Kier molecular flexibility index (Phi) is 6.05. The molecule has 0 aliphatic carbocycles. The van der Waals surface area contributed by atoms with Gasteiger partial charge in [0.15, 0.2) is 0 Å². The average molecular weight is 491 g/mol. The summed E-state index contributed by atoms with van der Waals surface area (Å²) in [5.74, 6) is -2.57. The molecule has 1 N–H and O–H groups in total. The smallest absolute Gasteiger partial charge is 0.450 e. The Morgan fingerprint density at radius 3 is 2.26 bits per heavy atom. The SMILES string of the molecule is O=C(Oc1ccc2c(=O)c(-c3ccc(Cl)cc3)c(C(F)(F)F)oc2c1)c1ccc(N([O-])O)cc1. The molecule has 174 valence electrons. The Labute approximate surface area is 193 Å². The summed E-state index contributed by atoms with van der Waals surface area (Å²) in [7, 11) is 0. The summed E-state index contributed by atoms with van der Waals surface area (Å²) in [6.45, 7) is 0. The molecule has 0 radical (unpaired) electrons. The molecule has 3 aromatic carbocycles. The predicted octanol–water partition coefficient (Wildman–Crippen LogP) is 6.04. The van der Waals surface area contributed by atoms with Crippen molar-refractivity contribution in [3.05, 3.63) is 98.5 Å². The first-order valence-electron chi connectivity index (χ1n) is 9.47. The highest BCUT2D eigenvalue weighted by Crippen LogP contribution is 2.38. The molecule has 34 heavy (non-hydrogen) atoms. The number of carbonyl (C=O) groups excluding carboxylic acids is 1. The van der Waals surface area contributed by atoms with Crippen LogP contribution in [0.15, 0.2) is 75.9 Å². The summed E-state index contributed by atoms with van der Waals surface area (Å²) < 4.78 is 51.5. The van der Waals surface area contributed by atoms with Crippen LogP contribution in [0.25, 0.3) is 22.1 Å². The van der Waals surface area contributed by atoms with E-state index in [4.69, 9.17) is 26.0 Å². The van der Waals surface area contributed by atoms with E-state index in [0.29, 0.717) is 0 Å². The number of benzene rings is 3. The third kappa shape index (κ3) is 4.60. The molecule has 1 aromatic heterocycles. The van der Waals surface area contributed by atoms with Gasteiger partial charge in [0.25, 0.3) is 0 Å². The highest BCUT2D eigenvalue weighted by Gasteiger charge is 2.39. The Bertz CT molecular complexity index is 1430. The van der Waals surface area contributed by atoms with Crippen LogP contribution in [0.4, 0.5) is 18.9 Å². The van der Waals surface area contributed by atoms with Crippen molar-refractivity contribution >= 4 is 34.2 Å². The Balaban J connectivity index is 1.75. The molecule has 0 bridgehead atoms. The lowest BCUT2D eigenvalue weighted by Crippen LogP contribution is -2.16. The maximum atomic E-state index is 13.8. The largest absolute Gasteiger partial charge is 0.733 e. The highest BCUT2D eigenvalue weighted by molar-refractivity contribution is 6.30. The zero-order valence-electron chi connectivity index (χ0n) is 16.8. The minimum absolute atomic E-state index is 0.00113. The van der Waals surface area contributed by atoms with Crippen LogP contribution in [-0.4, -0.2) is 11.2 Å². The summed E-state index contributed by atoms with van der Waals surface area (Å²) in [6, 6.07) is 13.4. The van der Waals surface area contributed by atoms with Crippen molar-refractivity contribution in [2.75, 3.05) is 5.23 Å². The van der Waals surface area contributed by atoms with Crippen LogP contribution in [0.2, 0.25) is 5.02 Å². The van der Waals surface area contributed by atoms with E-state index in [0.717, 1.165) is 18.2 Å². The molecule has 0 fully saturated rings. The van der Waals surface area contributed by atoms with Crippen molar-refractivity contribution < 1.29 is 32.3 Å². The number of nitrogens with zero attached hydrogens (tertiary/aromatic N) is 1. The predicted molar refractivity (Wildman–Crippen MR) is 117 cm³/mol. The van der Waals surface area contributed by atoms with E-state index in [1.54, 1.807) is 0 Å². The lowest BCUT2D eigenvalue weighted by Gasteiger charge is -2.21. The van der Waals surface area contributed by atoms with Gasteiger partial charge in [0.05, 0.1) is 22.2 Å². The third-order valence-electron chi connectivity index (χ3n) is 4.79. The van der Waals surface area contributed by atoms with Gasteiger partial charge in [-0.2, -0.15) is 13.2 Å². The molecule has 0 atom stereocenters. The molecule has 0 unspecified atom stereocenters. The summed E-state index contributed by atoms with van der Waals surface area (Å²) in [4.78, 5) is 25.3. The zero-order chi connectivity index (χ0) is 24.6. The van der Waals surface area contributed by atoms with Crippen LogP contribution in [0, 0.1) is 5.21 Å². The number of ether oxygens (including phenoxy) is 1. The topological polar surface area (TPSA) is 103 Å². The van der Waals surface area contributed by atoms with Gasteiger partial charge < -0.3 is 19.6 Å². The minimum atomic E-state index is -4.99. The minimum Gasteiger partial charge on any atom is -0.733 e. The molecule has 0 aliphatic rings. The molecule has 0 amide bonds. The molecule has 11 heteroatoms. The number of rotatable bonds is 4. The van der Waals surface area contributed by atoms with E-state index < -0.39 is 39.7 Å². The van der Waals surface area contributed by atoms with Crippen LogP contribution < -0.4 is 15.4 Å². The molecule has 0 saturated carbocycles. The molecule has 0 spiro atoms. The van der Waals surface area contributed by atoms with E-state index in [1.165, 1.54) is 48.5 Å². The van der Waals surface area contributed by atoms with Gasteiger partial charge in [-0.15, -0.1) is 0 Å². The number of esters is 1. The van der Waals surface area contributed by atoms with E-state index in [2.05, 4.69) is 0 Å². The monoisotopic (exact) mass is 490 g/mol. The van der Waals surface area contributed by atoms with Crippen molar-refractivity contribution in [1.82, 2.24) is 0 Å². The lowest BCUT2D eigenvalue weighted by molar-refractivity contribution is -0.152. The van der Waals surface area contributed by atoms with Crippen molar-refractivity contribution in [1.29, 1.82) is 0 Å². The quantitative estimate of drug-likeness (QED) is 0.211. The number of hydrogen-bond donors (Lipinski definition) is 1. The number of halogens is 4.